The van der Waals surface area contributed by atoms with Gasteiger partial charge >= 0.3 is 0 Å². The highest BCUT2D eigenvalue weighted by atomic mass is 32.2. The Morgan fingerprint density at radius 1 is 1.53 bits per heavy atom. The molecule has 17 heavy (non-hydrogen) atoms. The van der Waals surface area contributed by atoms with Crippen LogP contribution in [0.4, 0.5) is 0 Å². The Labute approximate surface area is 108 Å². The smallest absolute Gasteiger partial charge is 0.0666 e. The van der Waals surface area contributed by atoms with Crippen molar-refractivity contribution >= 4 is 11.8 Å². The molecule has 0 radical (unpaired) electrons. The van der Waals surface area contributed by atoms with Gasteiger partial charge in [0.1, 0.15) is 0 Å². The molecule has 96 valence electrons. The third-order valence-electron chi connectivity index (χ3n) is 3.29. The van der Waals surface area contributed by atoms with Crippen molar-refractivity contribution in [3.63, 3.8) is 0 Å². The lowest BCUT2D eigenvalue weighted by atomic mass is 10.2. The molecule has 1 unspecified atom stereocenters. The average molecular weight is 253 g/mol. The van der Waals surface area contributed by atoms with Crippen LogP contribution in [0.3, 0.4) is 0 Å². The third-order valence-corrected chi connectivity index (χ3v) is 4.69. The first-order valence-electron chi connectivity index (χ1n) is 6.63. The minimum absolute atomic E-state index is 0.825. The van der Waals surface area contributed by atoms with Gasteiger partial charge in [0, 0.05) is 37.1 Å². The van der Waals surface area contributed by atoms with Crippen molar-refractivity contribution in [3.05, 3.63) is 17.5 Å². The molecule has 1 aromatic rings. The van der Waals surface area contributed by atoms with E-state index in [9.17, 15) is 0 Å². The first-order valence-corrected chi connectivity index (χ1v) is 7.68. The van der Waals surface area contributed by atoms with E-state index >= 15 is 0 Å². The number of hydrogen-bond donors (Lipinski definition) is 1. The van der Waals surface area contributed by atoms with Crippen molar-refractivity contribution < 1.29 is 0 Å². The van der Waals surface area contributed by atoms with Gasteiger partial charge < -0.3 is 5.32 Å². The second-order valence-electron chi connectivity index (χ2n) is 4.75. The fourth-order valence-electron chi connectivity index (χ4n) is 2.37. The van der Waals surface area contributed by atoms with Gasteiger partial charge in [0.05, 0.1) is 5.69 Å². The van der Waals surface area contributed by atoms with E-state index < -0.39 is 0 Å². The topological polar surface area (TPSA) is 29.9 Å². The molecule has 1 aromatic heterocycles. The zero-order chi connectivity index (χ0) is 12.1. The molecule has 4 heteroatoms. The minimum Gasteiger partial charge on any atom is -0.311 e. The Balaban J connectivity index is 1.76. The molecule has 0 amide bonds. The van der Waals surface area contributed by atoms with Crippen LogP contribution in [0, 0.1) is 0 Å². The molecule has 1 aliphatic rings. The van der Waals surface area contributed by atoms with E-state index in [-0.39, 0.29) is 0 Å². The lowest BCUT2D eigenvalue weighted by Crippen LogP contribution is -2.26. The normalized spacial score (nSPS) is 20.7. The fourth-order valence-corrected chi connectivity index (χ4v) is 3.64. The summed E-state index contributed by atoms with van der Waals surface area (Å²) in [6, 6.07) is 0. The molecule has 1 aliphatic heterocycles. The average Bonchev–Trinajstić information content (AvgIpc) is 2.71. The van der Waals surface area contributed by atoms with Crippen molar-refractivity contribution in [1.82, 2.24) is 15.1 Å². The standard InChI is InChI=1S/C13H23N3S/c1-3-13-11(10-16(2)15-13)8-14-9-12-6-4-5-7-17-12/h10,12,14H,3-9H2,1-2H3. The Morgan fingerprint density at radius 2 is 2.41 bits per heavy atom. The van der Waals surface area contributed by atoms with Gasteiger partial charge in [-0.1, -0.05) is 13.3 Å². The highest BCUT2D eigenvalue weighted by molar-refractivity contribution is 7.99. The number of nitrogens with zero attached hydrogens (tertiary/aromatic N) is 2. The van der Waals surface area contributed by atoms with Crippen molar-refractivity contribution in [2.45, 2.75) is 44.4 Å². The Kier molecular flexibility index (Phi) is 4.92. The molecule has 0 saturated carbocycles. The molecule has 1 fully saturated rings. The van der Waals surface area contributed by atoms with Crippen LogP contribution in [0.1, 0.15) is 37.4 Å². The molecule has 0 spiro atoms. The molecule has 3 nitrogen and oxygen atoms in total. The Bertz CT molecular complexity index is 342. The first-order chi connectivity index (χ1) is 8.29. The molecule has 1 N–H and O–H groups in total. The van der Waals surface area contributed by atoms with E-state index in [1.54, 1.807) is 0 Å². The van der Waals surface area contributed by atoms with Gasteiger partial charge in [-0.2, -0.15) is 16.9 Å². The lowest BCUT2D eigenvalue weighted by Gasteiger charge is -2.21. The molecular formula is C13H23N3S. The summed E-state index contributed by atoms with van der Waals surface area (Å²) in [7, 11) is 2.00. The van der Waals surface area contributed by atoms with E-state index in [0.717, 1.165) is 24.8 Å². The summed E-state index contributed by atoms with van der Waals surface area (Å²) in [4.78, 5) is 0. The van der Waals surface area contributed by atoms with E-state index in [2.05, 4.69) is 35.3 Å². The van der Waals surface area contributed by atoms with Crippen LogP contribution in [0.5, 0.6) is 0 Å². The second kappa shape index (κ2) is 6.45. The van der Waals surface area contributed by atoms with E-state index in [4.69, 9.17) is 0 Å². The van der Waals surface area contributed by atoms with E-state index in [0.29, 0.717) is 0 Å². The van der Waals surface area contributed by atoms with Gasteiger partial charge in [0.25, 0.3) is 0 Å². The van der Waals surface area contributed by atoms with Crippen LogP contribution in [0.2, 0.25) is 0 Å². The third kappa shape index (κ3) is 3.75. The molecule has 1 saturated heterocycles. The maximum atomic E-state index is 4.47. The van der Waals surface area contributed by atoms with Gasteiger partial charge in [0.15, 0.2) is 0 Å². The van der Waals surface area contributed by atoms with Crippen molar-refractivity contribution in [2.75, 3.05) is 12.3 Å². The summed E-state index contributed by atoms with van der Waals surface area (Å²) in [5.41, 5.74) is 2.59. The molecule has 1 atom stereocenters. The van der Waals surface area contributed by atoms with Crippen LogP contribution in [0.15, 0.2) is 6.20 Å². The summed E-state index contributed by atoms with van der Waals surface area (Å²) < 4.78 is 1.92. The molecular weight excluding hydrogens is 230 g/mol. The lowest BCUT2D eigenvalue weighted by molar-refractivity contribution is 0.596. The monoisotopic (exact) mass is 253 g/mol. The highest BCUT2D eigenvalue weighted by Gasteiger charge is 2.13. The summed E-state index contributed by atoms with van der Waals surface area (Å²) in [6.07, 6.45) is 7.36. The van der Waals surface area contributed by atoms with Crippen LogP contribution in [0.25, 0.3) is 0 Å². The van der Waals surface area contributed by atoms with E-state index in [1.165, 1.54) is 36.3 Å². The van der Waals surface area contributed by atoms with Crippen LogP contribution < -0.4 is 5.32 Å². The first kappa shape index (κ1) is 13.0. The van der Waals surface area contributed by atoms with Gasteiger partial charge in [-0.05, 0) is 25.0 Å². The maximum absolute atomic E-state index is 4.47. The number of hydrogen-bond acceptors (Lipinski definition) is 3. The van der Waals surface area contributed by atoms with Crippen LogP contribution in [-0.2, 0) is 20.0 Å². The summed E-state index contributed by atoms with van der Waals surface area (Å²) >= 11 is 2.13. The SMILES string of the molecule is CCc1nn(C)cc1CNCC1CCCCS1. The zero-order valence-corrected chi connectivity index (χ0v) is 11.7. The van der Waals surface area contributed by atoms with Crippen molar-refractivity contribution in [3.8, 4) is 0 Å². The fraction of sp³-hybridized carbons (Fsp3) is 0.769. The molecule has 0 aliphatic carbocycles. The summed E-state index contributed by atoms with van der Waals surface area (Å²) in [5.74, 6) is 1.35. The number of aromatic nitrogens is 2. The maximum Gasteiger partial charge on any atom is 0.0666 e. The highest BCUT2D eigenvalue weighted by Crippen LogP contribution is 2.24. The molecule has 2 heterocycles. The molecule has 2 rings (SSSR count). The summed E-state index contributed by atoms with van der Waals surface area (Å²) in [6.45, 7) is 4.28. The number of nitrogens with one attached hydrogen (secondary N) is 1. The summed E-state index contributed by atoms with van der Waals surface area (Å²) in [5, 5.41) is 8.88. The van der Waals surface area contributed by atoms with E-state index in [1.807, 2.05) is 11.7 Å². The number of thioether (sulfide) groups is 1. The predicted molar refractivity (Wildman–Crippen MR) is 74.4 cm³/mol. The van der Waals surface area contributed by atoms with Gasteiger partial charge in [-0.3, -0.25) is 4.68 Å². The van der Waals surface area contributed by atoms with Gasteiger partial charge in [-0.15, -0.1) is 0 Å². The van der Waals surface area contributed by atoms with Crippen LogP contribution >= 0.6 is 11.8 Å². The quantitative estimate of drug-likeness (QED) is 0.873. The zero-order valence-electron chi connectivity index (χ0n) is 10.9. The van der Waals surface area contributed by atoms with Crippen molar-refractivity contribution in [1.29, 1.82) is 0 Å². The molecule has 0 bridgehead atoms. The predicted octanol–water partition coefficient (Wildman–Crippen LogP) is 2.36. The van der Waals surface area contributed by atoms with Crippen LogP contribution in [-0.4, -0.2) is 27.3 Å². The Morgan fingerprint density at radius 3 is 3.12 bits per heavy atom. The van der Waals surface area contributed by atoms with Gasteiger partial charge in [-0.25, -0.2) is 0 Å². The Hall–Kier alpha value is -0.480. The molecule has 0 aromatic carbocycles. The van der Waals surface area contributed by atoms with Crippen molar-refractivity contribution in [2.24, 2.45) is 7.05 Å². The second-order valence-corrected chi connectivity index (χ2v) is 6.16. The van der Waals surface area contributed by atoms with Gasteiger partial charge in [0.2, 0.25) is 0 Å². The largest absolute Gasteiger partial charge is 0.311 e. The minimum atomic E-state index is 0.825. The number of aryl methyl sites for hydroxylation is 2. The number of rotatable bonds is 5.